The summed E-state index contributed by atoms with van der Waals surface area (Å²) in [7, 11) is 0.0463. The summed E-state index contributed by atoms with van der Waals surface area (Å²) in [6.07, 6.45) is 4.05. The SMILES string of the molecule is Cc1c(C(=O)NCCCN2CCN(C)CC2)c(-c2cccc(N3CCN(c4ccc(NS(=O)(=O)c5ccc(N[C@H](CCN6CCCC6)CSc6ccccc6)c([N+](=O)[O-])c5)cc4)CC3)c2)c(-c2ccccc2)n1C. The number of carbonyl (C=O) groups excluding carboxylic acids is 1. The molecule has 1 atom stereocenters. The maximum atomic E-state index is 14.2. The Morgan fingerprint density at radius 3 is 2.05 bits per heavy atom. The lowest BCUT2D eigenvalue weighted by Gasteiger charge is -2.37. The molecule has 3 aliphatic rings. The van der Waals surface area contributed by atoms with E-state index in [2.05, 4.69) is 100 Å². The van der Waals surface area contributed by atoms with Gasteiger partial charge in [-0.1, -0.05) is 60.7 Å². The van der Waals surface area contributed by atoms with Crippen LogP contribution in [0, 0.1) is 17.0 Å². The number of nitrogens with one attached hydrogen (secondary N) is 3. The van der Waals surface area contributed by atoms with Crippen LogP contribution in [0.5, 0.6) is 0 Å². The minimum atomic E-state index is -4.16. The predicted octanol–water partition coefficient (Wildman–Crippen LogP) is 9.13. The lowest BCUT2D eigenvalue weighted by Crippen LogP contribution is -2.46. The number of aromatic nitrogens is 1. The molecule has 5 aromatic carbocycles. The number of benzene rings is 5. The van der Waals surface area contributed by atoms with Crippen LogP contribution in [0.15, 0.2) is 137 Å². The van der Waals surface area contributed by atoms with Gasteiger partial charge in [-0.3, -0.25) is 19.6 Å². The second kappa shape index (κ2) is 24.3. The summed E-state index contributed by atoms with van der Waals surface area (Å²) in [5.41, 5.74) is 8.00. The lowest BCUT2D eigenvalue weighted by molar-refractivity contribution is -0.384. The monoisotopic (exact) mass is 1040 g/mol. The minimum absolute atomic E-state index is 0.0567. The van der Waals surface area contributed by atoms with Crippen LogP contribution in [-0.2, 0) is 17.1 Å². The van der Waals surface area contributed by atoms with E-state index in [-0.39, 0.29) is 22.5 Å². The molecule has 3 saturated heterocycles. The van der Waals surface area contributed by atoms with Crippen molar-refractivity contribution in [3.05, 3.63) is 149 Å². The Balaban J connectivity index is 0.839. The molecular formula is C57H70N10O5S2. The molecule has 0 saturated carbocycles. The number of thioether (sulfide) groups is 1. The van der Waals surface area contributed by atoms with Crippen molar-refractivity contribution in [3.63, 3.8) is 0 Å². The third-order valence-corrected chi connectivity index (χ3v) is 17.3. The molecule has 0 aliphatic carbocycles. The van der Waals surface area contributed by atoms with E-state index >= 15 is 0 Å². The summed E-state index contributed by atoms with van der Waals surface area (Å²) < 4.78 is 32.3. The quantitative estimate of drug-likeness (QED) is 0.0273. The molecule has 4 heterocycles. The Bertz CT molecular complexity index is 2950. The van der Waals surface area contributed by atoms with Gasteiger partial charge in [0, 0.05) is 124 Å². The highest BCUT2D eigenvalue weighted by Gasteiger charge is 2.28. The summed E-state index contributed by atoms with van der Waals surface area (Å²) >= 11 is 1.69. The zero-order valence-electron chi connectivity index (χ0n) is 42.9. The van der Waals surface area contributed by atoms with Gasteiger partial charge in [0.05, 0.1) is 21.1 Å². The van der Waals surface area contributed by atoms with E-state index in [0.717, 1.165) is 142 Å². The fourth-order valence-corrected chi connectivity index (χ4v) is 12.5. The van der Waals surface area contributed by atoms with Crippen molar-refractivity contribution in [2.45, 2.75) is 48.4 Å². The van der Waals surface area contributed by atoms with Crippen LogP contribution >= 0.6 is 11.8 Å². The standard InChI is InChI=1S/C57H70N10O5S2/c1-43-54(57(68)58-27-13-30-64-34-32-61(2)33-35-64)55(56(62(43)3)44-14-6-4-7-15-44)45-16-12-17-49(40-45)66-38-36-65(37-39-66)48-22-20-46(21-23-48)60-74(71,72)51-24-25-52(53(41-51)67(69)70)59-47(26-31-63-28-10-11-29-63)42-73-50-18-8-5-9-19-50/h4-9,12,14-25,40-41,47,59-60H,10-11,13,26-39,42H2,1-3H3,(H,58,68)/t47-/m1/s1. The molecule has 0 bridgehead atoms. The van der Waals surface area contributed by atoms with E-state index in [4.69, 9.17) is 0 Å². The van der Waals surface area contributed by atoms with Crippen LogP contribution in [-0.4, -0.2) is 142 Å². The number of likely N-dealkylation sites (N-methyl/N-ethyl adjacent to an activating group) is 1. The van der Waals surface area contributed by atoms with Gasteiger partial charge in [0.15, 0.2) is 0 Å². The van der Waals surface area contributed by atoms with Crippen molar-refractivity contribution in [3.8, 4) is 22.4 Å². The molecule has 6 aromatic rings. The number of hydrogen-bond donors (Lipinski definition) is 3. The number of nitrogens with zero attached hydrogens (tertiary/aromatic N) is 7. The highest BCUT2D eigenvalue weighted by atomic mass is 32.2. The maximum absolute atomic E-state index is 14.2. The Labute approximate surface area is 441 Å². The number of hydrogen-bond acceptors (Lipinski definition) is 12. The molecule has 0 unspecified atom stereocenters. The van der Waals surface area contributed by atoms with Crippen LogP contribution < -0.4 is 25.2 Å². The molecule has 0 radical (unpaired) electrons. The Kier molecular flexibility index (Phi) is 17.3. The van der Waals surface area contributed by atoms with E-state index in [1.165, 1.54) is 25.0 Å². The number of amides is 1. The number of piperazine rings is 2. The van der Waals surface area contributed by atoms with Gasteiger partial charge in [-0.05, 0) is 131 Å². The third kappa shape index (κ3) is 12.9. The van der Waals surface area contributed by atoms with Gasteiger partial charge in [-0.2, -0.15) is 0 Å². The Morgan fingerprint density at radius 1 is 0.716 bits per heavy atom. The zero-order chi connectivity index (χ0) is 51.6. The smallest absolute Gasteiger partial charge is 0.293 e. The molecule has 17 heteroatoms. The van der Waals surface area contributed by atoms with Crippen molar-refractivity contribution >= 4 is 56.1 Å². The van der Waals surface area contributed by atoms with E-state index in [9.17, 15) is 23.3 Å². The van der Waals surface area contributed by atoms with Gasteiger partial charge in [0.1, 0.15) is 5.69 Å². The maximum Gasteiger partial charge on any atom is 0.293 e. The molecule has 1 amide bonds. The Hall–Kier alpha value is -6.37. The summed E-state index contributed by atoms with van der Waals surface area (Å²) in [6, 6.07) is 40.2. The van der Waals surface area contributed by atoms with Crippen molar-refractivity contribution < 1.29 is 18.1 Å². The fraction of sp³-hybridized carbons (Fsp3) is 0.386. The minimum Gasteiger partial charge on any atom is -0.376 e. The van der Waals surface area contributed by atoms with Crippen LogP contribution in [0.3, 0.4) is 0 Å². The molecular weight excluding hydrogens is 969 g/mol. The van der Waals surface area contributed by atoms with Gasteiger partial charge < -0.3 is 39.7 Å². The largest absolute Gasteiger partial charge is 0.376 e. The molecule has 390 valence electrons. The zero-order valence-corrected chi connectivity index (χ0v) is 44.6. The normalized spacial score (nSPS) is 16.3. The van der Waals surface area contributed by atoms with Crippen LogP contribution in [0.2, 0.25) is 0 Å². The second-order valence-corrected chi connectivity index (χ2v) is 22.6. The summed E-state index contributed by atoms with van der Waals surface area (Å²) in [5, 5.41) is 19.1. The number of nitro groups is 1. The highest BCUT2D eigenvalue weighted by Crippen LogP contribution is 2.40. The molecule has 3 aliphatic heterocycles. The van der Waals surface area contributed by atoms with Gasteiger partial charge in [0.25, 0.3) is 21.6 Å². The number of sulfonamides is 1. The van der Waals surface area contributed by atoms with Crippen molar-refractivity contribution in [2.24, 2.45) is 7.05 Å². The molecule has 9 rings (SSSR count). The van der Waals surface area contributed by atoms with Crippen LogP contribution in [0.25, 0.3) is 22.4 Å². The van der Waals surface area contributed by atoms with Gasteiger partial charge in [0.2, 0.25) is 0 Å². The molecule has 0 spiro atoms. The van der Waals surface area contributed by atoms with Gasteiger partial charge in [-0.25, -0.2) is 8.42 Å². The number of likely N-dealkylation sites (tertiary alicyclic amines) is 1. The molecule has 1 aromatic heterocycles. The Morgan fingerprint density at radius 2 is 1.36 bits per heavy atom. The van der Waals surface area contributed by atoms with Crippen LogP contribution in [0.4, 0.5) is 28.4 Å². The van der Waals surface area contributed by atoms with E-state index < -0.39 is 14.9 Å². The van der Waals surface area contributed by atoms with Gasteiger partial charge in [-0.15, -0.1) is 11.8 Å². The first-order valence-electron chi connectivity index (χ1n) is 26.0. The first-order chi connectivity index (χ1) is 35.9. The lowest BCUT2D eigenvalue weighted by atomic mass is 9.95. The first kappa shape index (κ1) is 52.5. The fourth-order valence-electron chi connectivity index (χ4n) is 10.4. The van der Waals surface area contributed by atoms with E-state index in [1.807, 2.05) is 62.5 Å². The molecule has 15 nitrogen and oxygen atoms in total. The highest BCUT2D eigenvalue weighted by molar-refractivity contribution is 7.99. The molecule has 74 heavy (non-hydrogen) atoms. The summed E-state index contributed by atoms with van der Waals surface area (Å²) in [6.45, 7) is 13.9. The summed E-state index contributed by atoms with van der Waals surface area (Å²) in [4.78, 5) is 39.0. The van der Waals surface area contributed by atoms with Gasteiger partial charge >= 0.3 is 0 Å². The average Bonchev–Trinajstić information content (AvgIpc) is 4.04. The van der Waals surface area contributed by atoms with E-state index in [0.29, 0.717) is 29.2 Å². The number of carbonyl (C=O) groups is 1. The number of anilines is 4. The van der Waals surface area contributed by atoms with E-state index in [1.54, 1.807) is 23.9 Å². The van der Waals surface area contributed by atoms with Crippen LogP contribution in [0.1, 0.15) is 41.7 Å². The molecule has 3 fully saturated rings. The number of nitro benzene ring substituents is 1. The predicted molar refractivity (Wildman–Crippen MR) is 302 cm³/mol. The first-order valence-corrected chi connectivity index (χ1v) is 28.5. The topological polar surface area (TPSA) is 152 Å². The summed E-state index contributed by atoms with van der Waals surface area (Å²) in [5.74, 6) is 0.640. The molecule has 3 N–H and O–H groups in total. The average molecular weight is 1040 g/mol. The van der Waals surface area contributed by atoms with Crippen molar-refractivity contribution in [1.82, 2.24) is 24.6 Å². The van der Waals surface area contributed by atoms with Crippen molar-refractivity contribution in [1.29, 1.82) is 0 Å². The van der Waals surface area contributed by atoms with Crippen molar-refractivity contribution in [2.75, 3.05) is 118 Å². The second-order valence-electron chi connectivity index (χ2n) is 19.8. The number of rotatable bonds is 21. The third-order valence-electron chi connectivity index (χ3n) is 14.8.